The van der Waals surface area contributed by atoms with Crippen molar-refractivity contribution in [3.05, 3.63) is 24.2 Å². The molecule has 0 bridgehead atoms. The van der Waals surface area contributed by atoms with Crippen LogP contribution in [0.1, 0.15) is 33.0 Å². The van der Waals surface area contributed by atoms with E-state index in [-0.39, 0.29) is 0 Å². The number of rotatable bonds is 9. The zero-order valence-corrected chi connectivity index (χ0v) is 13.7. The standard InChI is InChI=1S/C16H29N3O2/c1-5-20-15(13(2)3)9-11-19-16(17-4)18-10-8-14-7-6-12-21-14/h6-7,12-13,15H,5,8-11H2,1-4H3,(H2,17,18,19). The molecule has 0 aromatic carbocycles. The van der Waals surface area contributed by atoms with Gasteiger partial charge in [0.1, 0.15) is 5.76 Å². The van der Waals surface area contributed by atoms with E-state index in [4.69, 9.17) is 9.15 Å². The van der Waals surface area contributed by atoms with Crippen molar-refractivity contribution in [2.75, 3.05) is 26.7 Å². The van der Waals surface area contributed by atoms with Crippen LogP contribution in [0.2, 0.25) is 0 Å². The molecule has 1 unspecified atom stereocenters. The molecule has 2 N–H and O–H groups in total. The molecule has 0 radical (unpaired) electrons. The van der Waals surface area contributed by atoms with Crippen LogP contribution in [0.15, 0.2) is 27.8 Å². The average Bonchev–Trinajstić information content (AvgIpc) is 2.97. The van der Waals surface area contributed by atoms with Crippen molar-refractivity contribution in [3.63, 3.8) is 0 Å². The summed E-state index contributed by atoms with van der Waals surface area (Å²) in [4.78, 5) is 4.22. The summed E-state index contributed by atoms with van der Waals surface area (Å²) in [5.74, 6) is 2.33. The number of aliphatic imine (C=N–C) groups is 1. The van der Waals surface area contributed by atoms with Crippen LogP contribution >= 0.6 is 0 Å². The predicted molar refractivity (Wildman–Crippen MR) is 86.6 cm³/mol. The first-order valence-corrected chi connectivity index (χ1v) is 7.75. The van der Waals surface area contributed by atoms with Gasteiger partial charge in [-0.1, -0.05) is 13.8 Å². The van der Waals surface area contributed by atoms with Gasteiger partial charge in [-0.15, -0.1) is 0 Å². The number of furan rings is 1. The van der Waals surface area contributed by atoms with E-state index in [0.717, 1.165) is 44.3 Å². The number of nitrogens with zero attached hydrogens (tertiary/aromatic N) is 1. The van der Waals surface area contributed by atoms with Gasteiger partial charge in [0.25, 0.3) is 0 Å². The molecule has 1 aromatic rings. The molecule has 5 nitrogen and oxygen atoms in total. The van der Waals surface area contributed by atoms with Crippen LogP contribution in [0, 0.1) is 5.92 Å². The lowest BCUT2D eigenvalue weighted by molar-refractivity contribution is 0.0258. The molecular formula is C16H29N3O2. The van der Waals surface area contributed by atoms with Gasteiger partial charge in [-0.3, -0.25) is 4.99 Å². The first-order chi connectivity index (χ1) is 10.2. The second-order valence-corrected chi connectivity index (χ2v) is 5.28. The molecule has 0 fully saturated rings. The lowest BCUT2D eigenvalue weighted by Crippen LogP contribution is -2.40. The summed E-state index contributed by atoms with van der Waals surface area (Å²) in [5.41, 5.74) is 0. The van der Waals surface area contributed by atoms with Crippen LogP contribution in [0.25, 0.3) is 0 Å². The molecular weight excluding hydrogens is 266 g/mol. The topological polar surface area (TPSA) is 58.8 Å². The monoisotopic (exact) mass is 295 g/mol. The Hall–Kier alpha value is -1.49. The van der Waals surface area contributed by atoms with Gasteiger partial charge in [0.05, 0.1) is 12.4 Å². The lowest BCUT2D eigenvalue weighted by Gasteiger charge is -2.21. The maximum atomic E-state index is 5.74. The molecule has 0 saturated heterocycles. The van der Waals surface area contributed by atoms with Gasteiger partial charge in [-0.05, 0) is 31.4 Å². The fourth-order valence-electron chi connectivity index (χ4n) is 2.14. The van der Waals surface area contributed by atoms with Crippen molar-refractivity contribution in [3.8, 4) is 0 Å². The quantitative estimate of drug-likeness (QED) is 0.543. The lowest BCUT2D eigenvalue weighted by atomic mass is 10.0. The maximum Gasteiger partial charge on any atom is 0.190 e. The summed E-state index contributed by atoms with van der Waals surface area (Å²) < 4.78 is 11.0. The highest BCUT2D eigenvalue weighted by Gasteiger charge is 2.12. The first kappa shape index (κ1) is 17.6. The average molecular weight is 295 g/mol. The first-order valence-electron chi connectivity index (χ1n) is 7.75. The van der Waals surface area contributed by atoms with Crippen molar-refractivity contribution < 1.29 is 9.15 Å². The fraction of sp³-hybridized carbons (Fsp3) is 0.688. The number of ether oxygens (including phenoxy) is 1. The molecule has 0 saturated carbocycles. The Morgan fingerprint density at radius 3 is 2.67 bits per heavy atom. The van der Waals surface area contributed by atoms with E-state index in [1.165, 1.54) is 0 Å². The van der Waals surface area contributed by atoms with Gasteiger partial charge in [0.2, 0.25) is 0 Å². The third-order valence-corrected chi connectivity index (χ3v) is 3.31. The maximum absolute atomic E-state index is 5.74. The normalized spacial score (nSPS) is 13.5. The summed E-state index contributed by atoms with van der Waals surface area (Å²) in [7, 11) is 1.78. The van der Waals surface area contributed by atoms with E-state index in [1.54, 1.807) is 13.3 Å². The van der Waals surface area contributed by atoms with E-state index >= 15 is 0 Å². The molecule has 0 spiro atoms. The number of nitrogens with one attached hydrogen (secondary N) is 2. The SMILES string of the molecule is CCOC(CCNC(=NC)NCCc1ccco1)C(C)C. The van der Waals surface area contributed by atoms with Crippen molar-refractivity contribution in [1.82, 2.24) is 10.6 Å². The van der Waals surface area contributed by atoms with Gasteiger partial charge in [0.15, 0.2) is 5.96 Å². The highest BCUT2D eigenvalue weighted by molar-refractivity contribution is 5.79. The molecule has 0 aliphatic rings. The van der Waals surface area contributed by atoms with E-state index in [9.17, 15) is 0 Å². The Bertz CT molecular complexity index is 388. The number of hydrogen-bond acceptors (Lipinski definition) is 3. The zero-order chi connectivity index (χ0) is 15.5. The Kier molecular flexibility index (Phi) is 8.59. The Morgan fingerprint density at radius 1 is 1.33 bits per heavy atom. The van der Waals surface area contributed by atoms with Crippen molar-refractivity contribution in [2.45, 2.75) is 39.7 Å². The van der Waals surface area contributed by atoms with Crippen LogP contribution in [0.4, 0.5) is 0 Å². The Labute approximate surface area is 128 Å². The molecule has 120 valence electrons. The minimum absolute atomic E-state index is 0.295. The minimum atomic E-state index is 0.295. The van der Waals surface area contributed by atoms with Gasteiger partial charge in [-0.2, -0.15) is 0 Å². The molecule has 1 heterocycles. The summed E-state index contributed by atoms with van der Waals surface area (Å²) >= 11 is 0. The summed E-state index contributed by atoms with van der Waals surface area (Å²) in [6, 6.07) is 3.88. The molecule has 1 atom stereocenters. The van der Waals surface area contributed by atoms with Gasteiger partial charge >= 0.3 is 0 Å². The van der Waals surface area contributed by atoms with E-state index in [1.807, 2.05) is 19.1 Å². The van der Waals surface area contributed by atoms with E-state index < -0.39 is 0 Å². The second-order valence-electron chi connectivity index (χ2n) is 5.28. The zero-order valence-electron chi connectivity index (χ0n) is 13.7. The largest absolute Gasteiger partial charge is 0.469 e. The molecule has 21 heavy (non-hydrogen) atoms. The third kappa shape index (κ3) is 7.18. The van der Waals surface area contributed by atoms with Gasteiger partial charge in [-0.25, -0.2) is 0 Å². The van der Waals surface area contributed by atoms with Gasteiger partial charge in [0, 0.05) is 33.2 Å². The molecule has 1 aromatic heterocycles. The summed E-state index contributed by atoms with van der Waals surface area (Å²) in [5, 5.41) is 6.60. The Morgan fingerprint density at radius 2 is 2.10 bits per heavy atom. The second kappa shape index (κ2) is 10.3. The predicted octanol–water partition coefficient (Wildman–Crippen LogP) is 2.44. The highest BCUT2D eigenvalue weighted by Crippen LogP contribution is 2.09. The molecule has 0 amide bonds. The van der Waals surface area contributed by atoms with Gasteiger partial charge < -0.3 is 19.8 Å². The molecule has 5 heteroatoms. The van der Waals surface area contributed by atoms with Crippen LogP contribution in [-0.4, -0.2) is 38.8 Å². The third-order valence-electron chi connectivity index (χ3n) is 3.31. The number of guanidine groups is 1. The van der Waals surface area contributed by atoms with Crippen molar-refractivity contribution in [2.24, 2.45) is 10.9 Å². The molecule has 0 aliphatic carbocycles. The molecule has 1 rings (SSSR count). The minimum Gasteiger partial charge on any atom is -0.469 e. The van der Waals surface area contributed by atoms with Crippen LogP contribution in [0.3, 0.4) is 0 Å². The Balaban J connectivity index is 2.21. The summed E-state index contributed by atoms with van der Waals surface area (Å²) in [6.07, 6.45) is 3.82. The fourth-order valence-corrected chi connectivity index (χ4v) is 2.14. The number of hydrogen-bond donors (Lipinski definition) is 2. The van der Waals surface area contributed by atoms with Crippen LogP contribution < -0.4 is 10.6 Å². The molecule has 0 aliphatic heterocycles. The smallest absolute Gasteiger partial charge is 0.190 e. The highest BCUT2D eigenvalue weighted by atomic mass is 16.5. The van der Waals surface area contributed by atoms with E-state index in [0.29, 0.717) is 12.0 Å². The van der Waals surface area contributed by atoms with Crippen molar-refractivity contribution >= 4 is 5.96 Å². The van der Waals surface area contributed by atoms with Crippen molar-refractivity contribution in [1.29, 1.82) is 0 Å². The van der Waals surface area contributed by atoms with E-state index in [2.05, 4.69) is 29.5 Å². The van der Waals surface area contributed by atoms with Crippen LogP contribution in [0.5, 0.6) is 0 Å². The van der Waals surface area contributed by atoms with Crippen LogP contribution in [-0.2, 0) is 11.2 Å². The summed E-state index contributed by atoms with van der Waals surface area (Å²) in [6.45, 7) is 8.83.